The van der Waals surface area contributed by atoms with Gasteiger partial charge in [0.15, 0.2) is 5.65 Å². The second kappa shape index (κ2) is 19.5. The highest BCUT2D eigenvalue weighted by Crippen LogP contribution is 2.36. The van der Waals surface area contributed by atoms with E-state index >= 15 is 0 Å². The smallest absolute Gasteiger partial charge is 0.264 e. The molecule has 2 aromatic heterocycles. The lowest BCUT2D eigenvalue weighted by Gasteiger charge is -2.32. The summed E-state index contributed by atoms with van der Waals surface area (Å²) in [6.07, 6.45) is 8.41. The molecule has 3 aromatic carbocycles. The fraction of sp³-hybridized carbons (Fsp3) is 0.370. The zero-order chi connectivity index (χ0) is 43.0. The number of para-hydroxylation sites is 1. The van der Waals surface area contributed by atoms with E-state index in [1.54, 1.807) is 12.1 Å². The number of allylic oxidation sites excluding steroid dienone is 1. The molecule has 62 heavy (non-hydrogen) atoms. The molecule has 8 rings (SSSR count). The Bertz CT molecular complexity index is 2430. The SMILES string of the molecule is C=C1CCC(N2C(=O)c3cccc(NC(=O)COCCOCCCCCCN4CCC(n5nc(-c6ccc(Oc7ccccc7)cc6)c6c(N)ncnc65)CC4)c3C2=O)C(=O)N1. The number of aromatic nitrogens is 4. The minimum Gasteiger partial charge on any atom is -0.457 e. The van der Waals surface area contributed by atoms with Crippen LogP contribution in [0.15, 0.2) is 91.4 Å². The van der Waals surface area contributed by atoms with Gasteiger partial charge in [-0.1, -0.05) is 43.7 Å². The van der Waals surface area contributed by atoms with E-state index in [4.69, 9.17) is 25.0 Å². The number of nitrogen functional groups attached to an aromatic ring is 1. The first-order valence-electron chi connectivity index (χ1n) is 21.2. The van der Waals surface area contributed by atoms with Crippen molar-refractivity contribution in [1.29, 1.82) is 0 Å². The van der Waals surface area contributed by atoms with Gasteiger partial charge in [0.2, 0.25) is 11.8 Å². The summed E-state index contributed by atoms with van der Waals surface area (Å²) in [5.74, 6) is -0.168. The molecule has 5 aromatic rings. The number of anilines is 2. The maximum Gasteiger partial charge on any atom is 0.264 e. The number of carbonyl (C=O) groups excluding carboxylic acids is 4. The van der Waals surface area contributed by atoms with E-state index in [2.05, 4.69) is 32.1 Å². The highest BCUT2D eigenvalue weighted by atomic mass is 16.5. The number of benzene rings is 3. The standard InChI is InChI=1S/C46H51N9O7/c1-30-14-19-37(44(57)50-30)54-45(58)35-12-9-13-36(39(35)46(54)59)51-38(56)28-61-27-26-60-25-8-3-2-7-22-53-23-20-32(21-24-53)55-43-40(42(47)48-29-49-43)41(52-55)31-15-17-34(18-16-31)62-33-10-5-4-6-11-33/h4-6,9-13,15-18,29,32,37H,1-3,7-8,14,19-28H2,(H,50,57)(H,51,56)(H2,47,48,49). The number of nitrogens with one attached hydrogen (secondary N) is 2. The summed E-state index contributed by atoms with van der Waals surface area (Å²) in [6.45, 7) is 7.71. The van der Waals surface area contributed by atoms with Gasteiger partial charge in [0.1, 0.15) is 42.0 Å². The van der Waals surface area contributed by atoms with E-state index in [1.165, 1.54) is 12.4 Å². The Labute approximate surface area is 359 Å². The minimum atomic E-state index is -0.934. The molecule has 16 heteroatoms. The first kappa shape index (κ1) is 42.2. The molecule has 2 fully saturated rings. The monoisotopic (exact) mass is 841 g/mol. The zero-order valence-corrected chi connectivity index (χ0v) is 34.6. The van der Waals surface area contributed by atoms with Gasteiger partial charge in [0, 0.05) is 31.0 Å². The molecular weight excluding hydrogens is 791 g/mol. The minimum absolute atomic E-state index is 0.0703. The van der Waals surface area contributed by atoms with E-state index in [9.17, 15) is 19.2 Å². The second-order valence-corrected chi connectivity index (χ2v) is 15.7. The predicted octanol–water partition coefficient (Wildman–Crippen LogP) is 6.13. The number of nitrogens with two attached hydrogens (primary N) is 1. The number of likely N-dealkylation sites (tertiary alicyclic amines) is 1. The molecule has 16 nitrogen and oxygen atoms in total. The van der Waals surface area contributed by atoms with Gasteiger partial charge in [0.25, 0.3) is 11.8 Å². The third-order valence-corrected chi connectivity index (χ3v) is 11.5. The van der Waals surface area contributed by atoms with Crippen molar-refractivity contribution in [2.24, 2.45) is 0 Å². The van der Waals surface area contributed by atoms with Crippen LogP contribution in [-0.2, 0) is 19.1 Å². The molecule has 4 N–H and O–H groups in total. The highest BCUT2D eigenvalue weighted by molar-refractivity contribution is 6.25. The number of ether oxygens (including phenoxy) is 3. The Morgan fingerprint density at radius 3 is 2.39 bits per heavy atom. The molecule has 5 heterocycles. The Morgan fingerprint density at radius 1 is 0.839 bits per heavy atom. The van der Waals surface area contributed by atoms with E-state index in [1.807, 2.05) is 59.3 Å². The Balaban J connectivity index is 0.702. The number of fused-ring (bicyclic) bond motifs is 2. The summed E-state index contributed by atoms with van der Waals surface area (Å²) < 4.78 is 19.3. The molecule has 0 aliphatic carbocycles. The number of imide groups is 1. The average Bonchev–Trinajstić information content (AvgIpc) is 3.79. The van der Waals surface area contributed by atoms with Crippen LogP contribution < -0.4 is 21.1 Å². The van der Waals surface area contributed by atoms with Gasteiger partial charge in [-0.25, -0.2) is 14.6 Å². The highest BCUT2D eigenvalue weighted by Gasteiger charge is 2.45. The van der Waals surface area contributed by atoms with E-state index < -0.39 is 29.7 Å². The molecule has 1 atom stereocenters. The van der Waals surface area contributed by atoms with Gasteiger partial charge in [-0.2, -0.15) is 5.10 Å². The van der Waals surface area contributed by atoms with E-state index in [0.717, 1.165) is 96.8 Å². The van der Waals surface area contributed by atoms with Crippen LogP contribution in [-0.4, -0.2) is 105 Å². The number of hydrogen-bond donors (Lipinski definition) is 3. The fourth-order valence-corrected chi connectivity index (χ4v) is 8.31. The summed E-state index contributed by atoms with van der Waals surface area (Å²) in [6, 6.07) is 21.5. The van der Waals surface area contributed by atoms with E-state index in [-0.39, 0.29) is 36.1 Å². The van der Waals surface area contributed by atoms with Crippen molar-refractivity contribution in [3.8, 4) is 22.8 Å². The van der Waals surface area contributed by atoms with Gasteiger partial charge in [0.05, 0.1) is 41.5 Å². The first-order chi connectivity index (χ1) is 30.2. The van der Waals surface area contributed by atoms with Crippen LogP contribution in [0, 0.1) is 0 Å². The lowest BCUT2D eigenvalue weighted by Crippen LogP contribution is -2.51. The Kier molecular flexibility index (Phi) is 13.3. The van der Waals surface area contributed by atoms with Gasteiger partial charge >= 0.3 is 0 Å². The van der Waals surface area contributed by atoms with Crippen LogP contribution in [0.3, 0.4) is 0 Å². The molecule has 1 unspecified atom stereocenters. The number of amides is 4. The van der Waals surface area contributed by atoms with Gasteiger partial charge in [-0.05, 0) is 93.6 Å². The lowest BCUT2D eigenvalue weighted by molar-refractivity contribution is -0.125. The van der Waals surface area contributed by atoms with Crippen LogP contribution >= 0.6 is 0 Å². The second-order valence-electron chi connectivity index (χ2n) is 15.7. The van der Waals surface area contributed by atoms with Crippen LogP contribution in [0.2, 0.25) is 0 Å². The summed E-state index contributed by atoms with van der Waals surface area (Å²) in [5.41, 5.74) is 9.82. The van der Waals surface area contributed by atoms with Gasteiger partial charge in [-0.3, -0.25) is 24.1 Å². The number of piperidine rings is 2. The summed E-state index contributed by atoms with van der Waals surface area (Å²) in [4.78, 5) is 64.0. The van der Waals surface area contributed by atoms with Crippen molar-refractivity contribution >= 4 is 46.2 Å². The summed E-state index contributed by atoms with van der Waals surface area (Å²) in [7, 11) is 0. The van der Waals surface area contributed by atoms with Crippen LogP contribution in [0.5, 0.6) is 11.5 Å². The quantitative estimate of drug-likeness (QED) is 0.0676. The van der Waals surface area contributed by atoms with Crippen LogP contribution in [0.1, 0.15) is 78.1 Å². The fourth-order valence-electron chi connectivity index (χ4n) is 8.31. The predicted molar refractivity (Wildman–Crippen MR) is 232 cm³/mol. The molecular formula is C46H51N9O7. The van der Waals surface area contributed by atoms with Crippen molar-refractivity contribution in [2.45, 2.75) is 63.5 Å². The first-order valence-corrected chi connectivity index (χ1v) is 21.2. The maximum absolute atomic E-state index is 13.3. The van der Waals surface area contributed by atoms with Gasteiger partial charge < -0.3 is 35.5 Å². The average molecular weight is 842 g/mol. The number of unbranched alkanes of at least 4 members (excludes halogenated alkanes) is 3. The number of hydrogen-bond acceptors (Lipinski definition) is 12. The van der Waals surface area contributed by atoms with Crippen molar-refractivity contribution in [1.82, 2.24) is 34.9 Å². The third-order valence-electron chi connectivity index (χ3n) is 11.5. The van der Waals surface area contributed by atoms with Gasteiger partial charge in [-0.15, -0.1) is 0 Å². The molecule has 322 valence electrons. The van der Waals surface area contributed by atoms with Crippen molar-refractivity contribution in [3.05, 3.63) is 103 Å². The van der Waals surface area contributed by atoms with Crippen molar-refractivity contribution in [3.63, 3.8) is 0 Å². The summed E-state index contributed by atoms with van der Waals surface area (Å²) >= 11 is 0. The van der Waals surface area contributed by atoms with Crippen molar-refractivity contribution < 1.29 is 33.4 Å². The number of nitrogens with zero attached hydrogens (tertiary/aromatic N) is 6. The molecule has 2 saturated heterocycles. The molecule has 0 spiro atoms. The number of carbonyl (C=O) groups is 4. The molecule has 0 bridgehead atoms. The molecule has 0 radical (unpaired) electrons. The van der Waals surface area contributed by atoms with E-state index in [0.29, 0.717) is 37.6 Å². The molecule has 3 aliphatic heterocycles. The maximum atomic E-state index is 13.3. The third kappa shape index (κ3) is 9.52. The normalized spacial score (nSPS) is 17.1. The number of rotatable bonds is 18. The molecule has 4 amide bonds. The lowest BCUT2D eigenvalue weighted by atomic mass is 10.0. The largest absolute Gasteiger partial charge is 0.457 e. The zero-order valence-electron chi connectivity index (χ0n) is 34.6. The topological polar surface area (TPSA) is 196 Å². The Morgan fingerprint density at radius 2 is 1.60 bits per heavy atom. The van der Waals surface area contributed by atoms with Crippen molar-refractivity contribution in [2.75, 3.05) is 57.1 Å². The molecule has 3 aliphatic rings. The van der Waals surface area contributed by atoms with Crippen LogP contribution in [0.25, 0.3) is 22.3 Å². The van der Waals surface area contributed by atoms with Crippen LogP contribution in [0.4, 0.5) is 11.5 Å². The Hall–Kier alpha value is -6.49. The molecule has 0 saturated carbocycles. The summed E-state index contributed by atoms with van der Waals surface area (Å²) in [5, 5.41) is 11.1.